The summed E-state index contributed by atoms with van der Waals surface area (Å²) in [6, 6.07) is 9.85. The van der Waals surface area contributed by atoms with E-state index in [9.17, 15) is 9.59 Å². The molecule has 1 N–H and O–H groups in total. The highest BCUT2D eigenvalue weighted by molar-refractivity contribution is 8.00. The molecule has 0 aliphatic rings. The second-order valence-electron chi connectivity index (χ2n) is 5.92. The zero-order valence-corrected chi connectivity index (χ0v) is 15.7. The Hall–Kier alpha value is -2.28. The Kier molecular flexibility index (Phi) is 6.64. The van der Waals surface area contributed by atoms with Crippen LogP contribution in [0.25, 0.3) is 5.69 Å². The summed E-state index contributed by atoms with van der Waals surface area (Å²) >= 11 is 1.37. The van der Waals surface area contributed by atoms with Gasteiger partial charge in [0.2, 0.25) is 0 Å². The number of esters is 1. The summed E-state index contributed by atoms with van der Waals surface area (Å²) in [7, 11) is 0. The van der Waals surface area contributed by atoms with Gasteiger partial charge in [0.1, 0.15) is 0 Å². The molecule has 1 aromatic carbocycles. The van der Waals surface area contributed by atoms with Gasteiger partial charge in [-0.1, -0.05) is 18.2 Å². The molecule has 1 heterocycles. The van der Waals surface area contributed by atoms with Gasteiger partial charge in [0.05, 0.1) is 27.7 Å². The van der Waals surface area contributed by atoms with Crippen LogP contribution in [0.15, 0.2) is 35.2 Å². The predicted octanol–water partition coefficient (Wildman–Crippen LogP) is 2.65. The average Bonchev–Trinajstić information content (AvgIpc) is 2.85. The number of nitrogens with one attached hydrogen (secondary N) is 1. The minimum Gasteiger partial charge on any atom is -0.455 e. The number of thioether (sulfide) groups is 1. The first-order valence-corrected chi connectivity index (χ1v) is 9.06. The minimum atomic E-state index is -0.421. The lowest BCUT2D eigenvalue weighted by Gasteiger charge is -2.09. The molecule has 0 atom stereocenters. The second-order valence-corrected chi connectivity index (χ2v) is 6.90. The van der Waals surface area contributed by atoms with E-state index in [2.05, 4.69) is 10.4 Å². The number of rotatable bonds is 7. The smallest absolute Gasteiger partial charge is 0.316 e. The maximum Gasteiger partial charge on any atom is 0.316 e. The average molecular weight is 361 g/mol. The van der Waals surface area contributed by atoms with E-state index < -0.39 is 5.97 Å². The van der Waals surface area contributed by atoms with E-state index in [4.69, 9.17) is 4.74 Å². The summed E-state index contributed by atoms with van der Waals surface area (Å²) in [5.41, 5.74) is 2.80. The van der Waals surface area contributed by atoms with Crippen LogP contribution in [0.1, 0.15) is 25.2 Å². The molecule has 2 rings (SSSR count). The van der Waals surface area contributed by atoms with Crippen LogP contribution in [-0.2, 0) is 14.3 Å². The summed E-state index contributed by atoms with van der Waals surface area (Å²) in [4.78, 5) is 24.3. The lowest BCUT2D eigenvalue weighted by molar-refractivity contribution is -0.146. The Morgan fingerprint density at radius 3 is 2.56 bits per heavy atom. The fourth-order valence-electron chi connectivity index (χ4n) is 2.34. The van der Waals surface area contributed by atoms with E-state index in [1.54, 1.807) is 0 Å². The topological polar surface area (TPSA) is 73.2 Å². The van der Waals surface area contributed by atoms with E-state index >= 15 is 0 Å². The maximum atomic E-state index is 11.9. The number of amides is 1. The van der Waals surface area contributed by atoms with Gasteiger partial charge in [-0.3, -0.25) is 9.59 Å². The fourth-order valence-corrected chi connectivity index (χ4v) is 3.23. The van der Waals surface area contributed by atoms with E-state index in [1.165, 1.54) is 11.8 Å². The molecule has 1 amide bonds. The van der Waals surface area contributed by atoms with Crippen LogP contribution < -0.4 is 5.32 Å². The predicted molar refractivity (Wildman–Crippen MR) is 98.0 cm³/mol. The maximum absolute atomic E-state index is 11.9. The van der Waals surface area contributed by atoms with Gasteiger partial charge in [-0.05, 0) is 39.8 Å². The quantitative estimate of drug-likeness (QED) is 0.606. The van der Waals surface area contributed by atoms with Crippen molar-refractivity contribution in [2.45, 2.75) is 38.6 Å². The van der Waals surface area contributed by atoms with Crippen molar-refractivity contribution >= 4 is 23.6 Å². The third kappa shape index (κ3) is 5.35. The lowest BCUT2D eigenvalue weighted by Crippen LogP contribution is -2.34. The molecule has 6 nitrogen and oxygen atoms in total. The molecule has 2 aromatic rings. The molecular weight excluding hydrogens is 338 g/mol. The van der Waals surface area contributed by atoms with E-state index in [1.807, 2.05) is 62.7 Å². The van der Waals surface area contributed by atoms with Crippen LogP contribution in [0.4, 0.5) is 0 Å². The molecule has 7 heteroatoms. The molecule has 1 aromatic heterocycles. The number of para-hydroxylation sites is 1. The number of carbonyl (C=O) groups excluding carboxylic acids is 2. The van der Waals surface area contributed by atoms with Crippen molar-refractivity contribution < 1.29 is 14.3 Å². The summed E-state index contributed by atoms with van der Waals surface area (Å²) in [5, 5.41) is 7.22. The van der Waals surface area contributed by atoms with Crippen LogP contribution in [0, 0.1) is 13.8 Å². The third-order valence-corrected chi connectivity index (χ3v) is 4.63. The lowest BCUT2D eigenvalue weighted by atomic mass is 10.3. The number of ether oxygens (including phenoxy) is 1. The first-order valence-electron chi connectivity index (χ1n) is 8.08. The zero-order valence-electron chi connectivity index (χ0n) is 14.9. The van der Waals surface area contributed by atoms with Crippen molar-refractivity contribution in [2.24, 2.45) is 0 Å². The van der Waals surface area contributed by atoms with Gasteiger partial charge in [-0.25, -0.2) is 4.68 Å². The SMILES string of the molecule is Cc1nn(-c2ccccc2)c(C)c1SCC(=O)OCC(=O)NC(C)C. The van der Waals surface area contributed by atoms with Gasteiger partial charge in [-0.2, -0.15) is 5.10 Å². The molecule has 25 heavy (non-hydrogen) atoms. The summed E-state index contributed by atoms with van der Waals surface area (Å²) in [5.74, 6) is -0.579. The first kappa shape index (κ1) is 19.1. The first-order chi connectivity index (χ1) is 11.9. The fraction of sp³-hybridized carbons (Fsp3) is 0.389. The molecule has 0 saturated carbocycles. The van der Waals surface area contributed by atoms with Gasteiger partial charge in [0.25, 0.3) is 5.91 Å². The van der Waals surface area contributed by atoms with Crippen molar-refractivity contribution in [2.75, 3.05) is 12.4 Å². The number of hydrogen-bond acceptors (Lipinski definition) is 5. The van der Waals surface area contributed by atoms with Crippen LogP contribution in [0.2, 0.25) is 0 Å². The number of carbonyl (C=O) groups is 2. The Bertz CT molecular complexity index is 742. The molecule has 0 radical (unpaired) electrons. The molecule has 0 spiro atoms. The monoisotopic (exact) mass is 361 g/mol. The number of nitrogens with zero attached hydrogens (tertiary/aromatic N) is 2. The summed E-state index contributed by atoms with van der Waals surface area (Å²) in [6.45, 7) is 7.34. The number of hydrogen-bond donors (Lipinski definition) is 1. The second kappa shape index (κ2) is 8.71. The van der Waals surface area contributed by atoms with Gasteiger partial charge in [-0.15, -0.1) is 11.8 Å². The Labute approximate surface area is 151 Å². The van der Waals surface area contributed by atoms with E-state index in [0.717, 1.165) is 22.0 Å². The van der Waals surface area contributed by atoms with Crippen LogP contribution >= 0.6 is 11.8 Å². The van der Waals surface area contributed by atoms with Crippen molar-refractivity contribution in [1.82, 2.24) is 15.1 Å². The minimum absolute atomic E-state index is 0.0229. The molecule has 0 aliphatic carbocycles. The van der Waals surface area contributed by atoms with Gasteiger partial charge >= 0.3 is 5.97 Å². The van der Waals surface area contributed by atoms with Crippen LogP contribution in [0.5, 0.6) is 0 Å². The van der Waals surface area contributed by atoms with Crippen molar-refractivity contribution in [1.29, 1.82) is 0 Å². The normalized spacial score (nSPS) is 10.8. The molecule has 0 unspecified atom stereocenters. The molecule has 0 bridgehead atoms. The van der Waals surface area contributed by atoms with Gasteiger partial charge in [0, 0.05) is 6.04 Å². The molecule has 0 fully saturated rings. The summed E-state index contributed by atoms with van der Waals surface area (Å²) < 4.78 is 6.86. The molecule has 0 aliphatic heterocycles. The van der Waals surface area contributed by atoms with Crippen LogP contribution in [-0.4, -0.2) is 40.1 Å². The van der Waals surface area contributed by atoms with Crippen molar-refractivity contribution in [3.05, 3.63) is 41.7 Å². The molecule has 134 valence electrons. The number of aromatic nitrogens is 2. The largest absolute Gasteiger partial charge is 0.455 e. The zero-order chi connectivity index (χ0) is 18.4. The number of benzene rings is 1. The highest BCUT2D eigenvalue weighted by atomic mass is 32.2. The highest BCUT2D eigenvalue weighted by Crippen LogP contribution is 2.27. The van der Waals surface area contributed by atoms with Crippen LogP contribution in [0.3, 0.4) is 0 Å². The van der Waals surface area contributed by atoms with Gasteiger partial charge < -0.3 is 10.1 Å². The molecule has 0 saturated heterocycles. The third-order valence-electron chi connectivity index (χ3n) is 3.37. The van der Waals surface area contributed by atoms with Crippen molar-refractivity contribution in [3.8, 4) is 5.69 Å². The standard InChI is InChI=1S/C18H23N3O3S/c1-12(2)19-16(22)10-24-17(23)11-25-18-13(3)20-21(14(18)4)15-8-6-5-7-9-15/h5-9,12H,10-11H2,1-4H3,(H,19,22). The van der Waals surface area contributed by atoms with E-state index in [-0.39, 0.29) is 24.3 Å². The highest BCUT2D eigenvalue weighted by Gasteiger charge is 2.16. The van der Waals surface area contributed by atoms with Gasteiger partial charge in [0.15, 0.2) is 6.61 Å². The molecular formula is C18H23N3O3S. The Balaban J connectivity index is 1.94. The van der Waals surface area contributed by atoms with E-state index in [0.29, 0.717) is 0 Å². The Morgan fingerprint density at radius 1 is 1.24 bits per heavy atom. The van der Waals surface area contributed by atoms with Crippen molar-refractivity contribution in [3.63, 3.8) is 0 Å². The Morgan fingerprint density at radius 2 is 1.92 bits per heavy atom. The summed E-state index contributed by atoms with van der Waals surface area (Å²) in [6.07, 6.45) is 0. The number of aryl methyl sites for hydroxylation is 1.